The Labute approximate surface area is 140 Å². The van der Waals surface area contributed by atoms with Gasteiger partial charge in [0.15, 0.2) is 5.16 Å². The molecule has 1 amide bonds. The van der Waals surface area contributed by atoms with Gasteiger partial charge in [0.25, 0.3) is 0 Å². The Balaban J connectivity index is 1.63. The lowest BCUT2D eigenvalue weighted by Crippen LogP contribution is -2.32. The number of nitrogens with one attached hydrogen (secondary N) is 1. The fourth-order valence-electron chi connectivity index (χ4n) is 2.82. The molecule has 1 aliphatic heterocycles. The number of benzene rings is 1. The Kier molecular flexibility index (Phi) is 4.91. The van der Waals surface area contributed by atoms with Crippen LogP contribution in [-0.2, 0) is 24.8 Å². The second-order valence-corrected chi connectivity index (χ2v) is 6.43. The molecule has 5 nitrogen and oxygen atoms in total. The normalized spacial score (nSPS) is 17.0. The fourth-order valence-corrected chi connectivity index (χ4v) is 3.37. The van der Waals surface area contributed by atoms with Crippen LogP contribution in [0.2, 0.25) is 0 Å². The first-order chi connectivity index (χ1) is 11.2. The standard InChI is InChI=1S/C17H21N3O2S/c1-20-14(11-19-17(20)23-2)10-18-16(21)13-7-8-22-15-6-4-3-5-12(15)9-13/h3-6,11,13H,7-10H2,1-2H3,(H,18,21). The first kappa shape index (κ1) is 15.9. The Morgan fingerprint density at radius 2 is 2.30 bits per heavy atom. The largest absolute Gasteiger partial charge is 0.493 e. The van der Waals surface area contributed by atoms with E-state index in [1.54, 1.807) is 11.8 Å². The molecular formula is C17H21N3O2S. The molecule has 1 aliphatic rings. The molecule has 3 rings (SSSR count). The molecule has 0 aliphatic carbocycles. The number of aromatic nitrogens is 2. The third-order valence-electron chi connectivity index (χ3n) is 4.20. The molecule has 0 fully saturated rings. The van der Waals surface area contributed by atoms with E-state index in [9.17, 15) is 4.79 Å². The third kappa shape index (κ3) is 3.52. The van der Waals surface area contributed by atoms with Gasteiger partial charge in [-0.3, -0.25) is 4.79 Å². The maximum Gasteiger partial charge on any atom is 0.223 e. The highest BCUT2D eigenvalue weighted by atomic mass is 32.2. The van der Waals surface area contributed by atoms with Crippen molar-refractivity contribution in [2.45, 2.75) is 24.5 Å². The monoisotopic (exact) mass is 331 g/mol. The minimum Gasteiger partial charge on any atom is -0.493 e. The van der Waals surface area contributed by atoms with E-state index in [0.717, 1.165) is 35.0 Å². The summed E-state index contributed by atoms with van der Waals surface area (Å²) in [5.74, 6) is 0.933. The topological polar surface area (TPSA) is 56.1 Å². The number of rotatable bonds is 4. The summed E-state index contributed by atoms with van der Waals surface area (Å²) < 4.78 is 7.74. The summed E-state index contributed by atoms with van der Waals surface area (Å²) in [5, 5.41) is 3.99. The van der Waals surface area contributed by atoms with Crippen LogP contribution in [-0.4, -0.2) is 28.3 Å². The number of nitrogens with zero attached hydrogens (tertiary/aromatic N) is 2. The van der Waals surface area contributed by atoms with Gasteiger partial charge in [0.05, 0.1) is 25.0 Å². The quantitative estimate of drug-likeness (QED) is 0.874. The predicted octanol–water partition coefficient (Wildman–Crippen LogP) is 2.40. The van der Waals surface area contributed by atoms with Crippen LogP contribution in [0.15, 0.2) is 35.6 Å². The van der Waals surface area contributed by atoms with Crippen LogP contribution >= 0.6 is 11.8 Å². The van der Waals surface area contributed by atoms with Crippen molar-refractivity contribution in [3.8, 4) is 5.75 Å². The van der Waals surface area contributed by atoms with Gasteiger partial charge < -0.3 is 14.6 Å². The van der Waals surface area contributed by atoms with Crippen molar-refractivity contribution in [2.75, 3.05) is 12.9 Å². The zero-order chi connectivity index (χ0) is 16.2. The van der Waals surface area contributed by atoms with E-state index in [-0.39, 0.29) is 11.8 Å². The summed E-state index contributed by atoms with van der Waals surface area (Å²) in [6, 6.07) is 7.95. The Hall–Kier alpha value is -1.95. The highest BCUT2D eigenvalue weighted by Crippen LogP contribution is 2.26. The van der Waals surface area contributed by atoms with Crippen LogP contribution in [0.3, 0.4) is 0 Å². The molecule has 0 radical (unpaired) electrons. The molecule has 2 heterocycles. The molecule has 0 spiro atoms. The second-order valence-electron chi connectivity index (χ2n) is 5.66. The van der Waals surface area contributed by atoms with E-state index >= 15 is 0 Å². The number of carbonyl (C=O) groups is 1. The minimum atomic E-state index is -0.0492. The molecule has 1 aromatic heterocycles. The lowest BCUT2D eigenvalue weighted by atomic mass is 9.96. The lowest BCUT2D eigenvalue weighted by Gasteiger charge is -2.14. The van der Waals surface area contributed by atoms with E-state index in [4.69, 9.17) is 4.74 Å². The van der Waals surface area contributed by atoms with Gasteiger partial charge in [-0.1, -0.05) is 30.0 Å². The zero-order valence-corrected chi connectivity index (χ0v) is 14.2. The first-order valence-electron chi connectivity index (χ1n) is 7.72. The molecule has 1 unspecified atom stereocenters. The summed E-state index contributed by atoms with van der Waals surface area (Å²) in [4.78, 5) is 16.8. The highest BCUT2D eigenvalue weighted by molar-refractivity contribution is 7.98. The molecule has 6 heteroatoms. The lowest BCUT2D eigenvalue weighted by molar-refractivity contribution is -0.125. The number of fused-ring (bicyclic) bond motifs is 1. The number of imidazole rings is 1. The van der Waals surface area contributed by atoms with Gasteiger partial charge in [0, 0.05) is 13.0 Å². The Bertz CT molecular complexity index is 699. The molecule has 2 aromatic rings. The van der Waals surface area contributed by atoms with Gasteiger partial charge in [0.2, 0.25) is 5.91 Å². The predicted molar refractivity (Wildman–Crippen MR) is 90.6 cm³/mol. The zero-order valence-electron chi connectivity index (χ0n) is 13.4. The fraction of sp³-hybridized carbons (Fsp3) is 0.412. The van der Waals surface area contributed by atoms with Crippen LogP contribution in [0.25, 0.3) is 0 Å². The van der Waals surface area contributed by atoms with Crippen molar-refractivity contribution < 1.29 is 9.53 Å². The Morgan fingerprint density at radius 3 is 3.09 bits per heavy atom. The molecular weight excluding hydrogens is 310 g/mol. The van der Waals surface area contributed by atoms with E-state index in [1.165, 1.54) is 0 Å². The summed E-state index contributed by atoms with van der Waals surface area (Å²) in [7, 11) is 1.97. The van der Waals surface area contributed by atoms with E-state index < -0.39 is 0 Å². The van der Waals surface area contributed by atoms with Crippen molar-refractivity contribution in [1.82, 2.24) is 14.9 Å². The van der Waals surface area contributed by atoms with Gasteiger partial charge in [-0.25, -0.2) is 4.98 Å². The molecule has 1 atom stereocenters. The SMILES string of the molecule is CSc1ncc(CNC(=O)C2CCOc3ccccc3C2)n1C. The van der Waals surface area contributed by atoms with Crippen molar-refractivity contribution in [3.63, 3.8) is 0 Å². The van der Waals surface area contributed by atoms with Gasteiger partial charge in [-0.2, -0.15) is 0 Å². The maximum atomic E-state index is 12.5. The molecule has 23 heavy (non-hydrogen) atoms. The summed E-state index contributed by atoms with van der Waals surface area (Å²) >= 11 is 1.60. The van der Waals surface area contributed by atoms with E-state index in [1.807, 2.05) is 48.3 Å². The number of amides is 1. The van der Waals surface area contributed by atoms with Crippen LogP contribution in [0, 0.1) is 5.92 Å². The summed E-state index contributed by atoms with van der Waals surface area (Å²) in [5.41, 5.74) is 2.11. The number of hydrogen-bond donors (Lipinski definition) is 1. The summed E-state index contributed by atoms with van der Waals surface area (Å²) in [6.45, 7) is 1.08. The van der Waals surface area contributed by atoms with Crippen LogP contribution in [0.5, 0.6) is 5.75 Å². The second kappa shape index (κ2) is 7.08. The number of ether oxygens (including phenoxy) is 1. The van der Waals surface area contributed by atoms with Crippen LogP contribution in [0.1, 0.15) is 17.7 Å². The first-order valence-corrected chi connectivity index (χ1v) is 8.94. The molecule has 1 aromatic carbocycles. The molecule has 1 N–H and O–H groups in total. The van der Waals surface area contributed by atoms with Gasteiger partial charge >= 0.3 is 0 Å². The minimum absolute atomic E-state index is 0.0492. The smallest absolute Gasteiger partial charge is 0.223 e. The van der Waals surface area contributed by atoms with Gasteiger partial charge in [0.1, 0.15) is 5.75 Å². The number of carbonyl (C=O) groups excluding carboxylic acids is 1. The van der Waals surface area contributed by atoms with Crippen LogP contribution < -0.4 is 10.1 Å². The van der Waals surface area contributed by atoms with E-state index in [2.05, 4.69) is 10.3 Å². The molecule has 0 saturated carbocycles. The third-order valence-corrected chi connectivity index (χ3v) is 4.95. The number of thioether (sulfide) groups is 1. The highest BCUT2D eigenvalue weighted by Gasteiger charge is 2.23. The van der Waals surface area contributed by atoms with Gasteiger partial charge in [-0.05, 0) is 30.7 Å². The number of para-hydroxylation sites is 1. The molecule has 0 saturated heterocycles. The Morgan fingerprint density at radius 1 is 1.48 bits per heavy atom. The van der Waals surface area contributed by atoms with Crippen molar-refractivity contribution in [3.05, 3.63) is 41.7 Å². The van der Waals surface area contributed by atoms with Crippen molar-refractivity contribution >= 4 is 17.7 Å². The number of hydrogen-bond acceptors (Lipinski definition) is 4. The average molecular weight is 331 g/mol. The maximum absolute atomic E-state index is 12.5. The van der Waals surface area contributed by atoms with E-state index in [0.29, 0.717) is 13.2 Å². The summed E-state index contributed by atoms with van der Waals surface area (Å²) in [6.07, 6.45) is 5.27. The van der Waals surface area contributed by atoms with Gasteiger partial charge in [-0.15, -0.1) is 0 Å². The molecule has 122 valence electrons. The molecule has 0 bridgehead atoms. The van der Waals surface area contributed by atoms with Crippen molar-refractivity contribution in [1.29, 1.82) is 0 Å². The van der Waals surface area contributed by atoms with Crippen molar-refractivity contribution in [2.24, 2.45) is 13.0 Å². The average Bonchev–Trinajstić information content (AvgIpc) is 2.79. The van der Waals surface area contributed by atoms with Crippen LogP contribution in [0.4, 0.5) is 0 Å².